The summed E-state index contributed by atoms with van der Waals surface area (Å²) < 4.78 is 101. The molecule has 0 saturated heterocycles. The van der Waals surface area contributed by atoms with Crippen LogP contribution in [-0.2, 0) is 11.0 Å². The highest BCUT2D eigenvalue weighted by molar-refractivity contribution is 7.83. The van der Waals surface area contributed by atoms with Crippen molar-refractivity contribution in [2.75, 3.05) is 50.6 Å². The van der Waals surface area contributed by atoms with E-state index in [1.807, 2.05) is 43.3 Å². The highest BCUT2D eigenvalue weighted by atomic mass is 32.2. The number of benzene rings is 2. The summed E-state index contributed by atoms with van der Waals surface area (Å²) in [6.45, 7) is -2.25. The number of hydrogen-bond donors (Lipinski definition) is 2. The van der Waals surface area contributed by atoms with E-state index < -0.39 is 36.6 Å². The lowest BCUT2D eigenvalue weighted by molar-refractivity contribution is -0.154. The van der Waals surface area contributed by atoms with Crippen molar-refractivity contribution in [1.29, 1.82) is 0 Å². The number of nitrogens with one attached hydrogen (secondary N) is 2. The van der Waals surface area contributed by atoms with Gasteiger partial charge < -0.3 is 19.7 Å². The molecule has 1 unspecified atom stereocenters. The molecule has 43 heavy (non-hydrogen) atoms. The molecule has 236 valence electrons. The van der Waals surface area contributed by atoms with Gasteiger partial charge in [-0.05, 0) is 61.8 Å². The lowest BCUT2D eigenvalue weighted by atomic mass is 9.82. The first-order chi connectivity index (χ1) is 20.3. The number of ether oxygens (including phenoxy) is 2. The van der Waals surface area contributed by atoms with Crippen molar-refractivity contribution in [3.63, 3.8) is 0 Å². The van der Waals surface area contributed by atoms with Gasteiger partial charge in [-0.15, -0.1) is 0 Å². The largest absolute Gasteiger partial charge is 0.484 e. The Hall–Kier alpha value is -3.33. The van der Waals surface area contributed by atoms with Crippen LogP contribution in [0.2, 0.25) is 0 Å². The molecule has 4 rings (SSSR count). The molecule has 0 aliphatic heterocycles. The molecule has 0 bridgehead atoms. The number of halogens is 6. The summed E-state index contributed by atoms with van der Waals surface area (Å²) in [4.78, 5) is 11.0. The number of aromatic nitrogens is 2. The third-order valence-corrected chi connectivity index (χ3v) is 8.08. The third kappa shape index (κ3) is 9.85. The summed E-state index contributed by atoms with van der Waals surface area (Å²) in [6, 6.07) is 10.8. The van der Waals surface area contributed by atoms with Crippen molar-refractivity contribution in [3.8, 4) is 11.5 Å². The summed E-state index contributed by atoms with van der Waals surface area (Å²) in [5.41, 5.74) is 0.843. The van der Waals surface area contributed by atoms with Crippen LogP contribution in [0.5, 0.6) is 11.5 Å². The van der Waals surface area contributed by atoms with E-state index in [2.05, 4.69) is 24.7 Å². The Balaban J connectivity index is 1.31. The summed E-state index contributed by atoms with van der Waals surface area (Å²) in [5.74, 6) is 1.24. The van der Waals surface area contributed by atoms with Crippen LogP contribution in [0.15, 0.2) is 47.4 Å². The molecular formula is C28H33F6N5O3S. The second kappa shape index (κ2) is 14.0. The second-order valence-electron chi connectivity index (χ2n) is 10.6. The molecule has 2 N–H and O–H groups in total. The SMILES string of the molecule is CN(C)c1nc(NCC2CCC(CNS(=O)c3cc(OCC(F)(F)F)ccc3OCC(F)(F)F)CC2)nc2ccccc12. The van der Waals surface area contributed by atoms with Crippen LogP contribution in [0.1, 0.15) is 25.7 Å². The van der Waals surface area contributed by atoms with E-state index >= 15 is 0 Å². The van der Waals surface area contributed by atoms with Gasteiger partial charge in [-0.1, -0.05) is 12.1 Å². The fraction of sp³-hybridized carbons (Fsp3) is 0.500. The zero-order valence-electron chi connectivity index (χ0n) is 23.6. The van der Waals surface area contributed by atoms with Crippen molar-refractivity contribution >= 4 is 33.7 Å². The minimum atomic E-state index is -4.65. The number of fused-ring (bicyclic) bond motifs is 1. The standard InChI is InChI=1S/C28H33F6N5O3S/c1-39(2)25-21-5-3-4-6-22(21)37-26(38-25)35-14-18-7-9-19(10-8-18)15-36-43(40)24-13-20(41-16-27(29,30)31)11-12-23(24)42-17-28(32,33)34/h3-6,11-13,18-19,36H,7-10,14-17H2,1-2H3,(H,35,37,38). The number of hydrogen-bond acceptors (Lipinski definition) is 7. The molecule has 1 aromatic heterocycles. The highest BCUT2D eigenvalue weighted by Gasteiger charge is 2.31. The van der Waals surface area contributed by atoms with Crippen LogP contribution in [0.25, 0.3) is 10.9 Å². The Bertz CT molecular complexity index is 1400. The topological polar surface area (TPSA) is 88.6 Å². The van der Waals surface area contributed by atoms with Crippen LogP contribution in [0, 0.1) is 11.8 Å². The Morgan fingerprint density at radius 3 is 2.16 bits per heavy atom. The van der Waals surface area contributed by atoms with E-state index in [4.69, 9.17) is 4.74 Å². The molecule has 15 heteroatoms. The Morgan fingerprint density at radius 2 is 1.51 bits per heavy atom. The first kappa shape index (κ1) is 32.6. The second-order valence-corrected chi connectivity index (χ2v) is 11.8. The van der Waals surface area contributed by atoms with Gasteiger partial charge in [0.1, 0.15) is 28.3 Å². The Kier molecular flexibility index (Phi) is 10.6. The van der Waals surface area contributed by atoms with Crippen LogP contribution < -0.4 is 24.4 Å². The molecule has 0 spiro atoms. The monoisotopic (exact) mass is 633 g/mol. The quantitative estimate of drug-likeness (QED) is 0.233. The zero-order valence-corrected chi connectivity index (χ0v) is 24.4. The fourth-order valence-electron chi connectivity index (χ4n) is 4.79. The Labute approximate surface area is 247 Å². The maximum absolute atomic E-state index is 13.0. The average molecular weight is 634 g/mol. The van der Waals surface area contributed by atoms with Gasteiger partial charge in [0.2, 0.25) is 5.95 Å². The molecule has 1 fully saturated rings. The van der Waals surface area contributed by atoms with E-state index in [1.165, 1.54) is 0 Å². The van der Waals surface area contributed by atoms with Gasteiger partial charge >= 0.3 is 12.4 Å². The molecule has 1 atom stereocenters. The fourth-order valence-corrected chi connectivity index (χ4v) is 5.87. The van der Waals surface area contributed by atoms with Gasteiger partial charge in [0, 0.05) is 38.6 Å². The van der Waals surface area contributed by atoms with Crippen molar-refractivity contribution in [1.82, 2.24) is 14.7 Å². The summed E-state index contributed by atoms with van der Waals surface area (Å²) in [5, 5.41) is 4.31. The number of rotatable bonds is 12. The number of nitrogens with zero attached hydrogens (tertiary/aromatic N) is 3. The molecular weight excluding hydrogens is 600 g/mol. The number of alkyl halides is 6. The van der Waals surface area contributed by atoms with Crippen molar-refractivity contribution in [3.05, 3.63) is 42.5 Å². The third-order valence-electron chi connectivity index (χ3n) is 6.93. The van der Waals surface area contributed by atoms with E-state index in [9.17, 15) is 30.6 Å². The van der Waals surface area contributed by atoms with Crippen LogP contribution in [0.3, 0.4) is 0 Å². The van der Waals surface area contributed by atoms with Crippen molar-refractivity contribution in [2.45, 2.75) is 42.9 Å². The van der Waals surface area contributed by atoms with E-state index in [0.29, 0.717) is 25.0 Å². The van der Waals surface area contributed by atoms with Crippen molar-refractivity contribution < 1.29 is 40.0 Å². The van der Waals surface area contributed by atoms with Gasteiger partial charge in [0.05, 0.1) is 10.4 Å². The zero-order chi connectivity index (χ0) is 31.2. The molecule has 8 nitrogen and oxygen atoms in total. The minimum absolute atomic E-state index is 0.154. The van der Waals surface area contributed by atoms with Gasteiger partial charge in [0.15, 0.2) is 13.2 Å². The molecule has 1 aliphatic carbocycles. The molecule has 1 heterocycles. The minimum Gasteiger partial charge on any atom is -0.484 e. The Morgan fingerprint density at radius 1 is 0.884 bits per heavy atom. The normalized spacial score (nSPS) is 18.3. The van der Waals surface area contributed by atoms with E-state index in [-0.39, 0.29) is 22.3 Å². The molecule has 2 aromatic carbocycles. The highest BCUT2D eigenvalue weighted by Crippen LogP contribution is 2.32. The van der Waals surface area contributed by atoms with E-state index in [1.54, 1.807) is 0 Å². The summed E-state index contributed by atoms with van der Waals surface area (Å²) in [7, 11) is 1.80. The molecule has 0 radical (unpaired) electrons. The maximum atomic E-state index is 13.0. The van der Waals surface area contributed by atoms with Crippen LogP contribution in [0.4, 0.5) is 38.1 Å². The molecule has 0 amide bonds. The first-order valence-corrected chi connectivity index (χ1v) is 14.8. The molecule has 1 saturated carbocycles. The smallest absolute Gasteiger partial charge is 0.422 e. The van der Waals surface area contributed by atoms with Crippen LogP contribution in [-0.4, -0.2) is 66.9 Å². The van der Waals surface area contributed by atoms with Gasteiger partial charge in [-0.25, -0.2) is 13.9 Å². The van der Waals surface area contributed by atoms with Gasteiger partial charge in [-0.2, -0.15) is 31.3 Å². The molecule has 1 aliphatic rings. The lowest BCUT2D eigenvalue weighted by Gasteiger charge is -2.29. The van der Waals surface area contributed by atoms with Gasteiger partial charge in [-0.3, -0.25) is 0 Å². The van der Waals surface area contributed by atoms with Gasteiger partial charge in [0.25, 0.3) is 0 Å². The maximum Gasteiger partial charge on any atom is 0.422 e. The predicted molar refractivity (Wildman–Crippen MR) is 152 cm³/mol. The van der Waals surface area contributed by atoms with Crippen molar-refractivity contribution in [2.24, 2.45) is 11.8 Å². The summed E-state index contributed by atoms with van der Waals surface area (Å²) in [6.07, 6.45) is -5.84. The van der Waals surface area contributed by atoms with Crippen LogP contribution >= 0.6 is 0 Å². The first-order valence-electron chi connectivity index (χ1n) is 13.6. The summed E-state index contributed by atoms with van der Waals surface area (Å²) >= 11 is 0. The number of para-hydroxylation sites is 1. The molecule has 3 aromatic rings. The lowest BCUT2D eigenvalue weighted by Crippen LogP contribution is -2.30. The number of anilines is 2. The van der Waals surface area contributed by atoms with E-state index in [0.717, 1.165) is 60.6 Å². The predicted octanol–water partition coefficient (Wildman–Crippen LogP) is 6.11. The average Bonchev–Trinajstić information content (AvgIpc) is 2.96.